The molecular formula is C14H19F3N2O. The van der Waals surface area contributed by atoms with E-state index >= 15 is 0 Å². The van der Waals surface area contributed by atoms with Crippen LogP contribution in [-0.2, 0) is 0 Å². The summed E-state index contributed by atoms with van der Waals surface area (Å²) >= 11 is 0. The topological polar surface area (TPSA) is 32.3 Å². The highest BCUT2D eigenvalue weighted by atomic mass is 19.4. The first-order chi connectivity index (χ1) is 9.24. The molecule has 0 bridgehead atoms. The Morgan fingerprint density at radius 1 is 1.35 bits per heavy atom. The monoisotopic (exact) mass is 288 g/mol. The minimum absolute atomic E-state index is 0.260. The van der Waals surface area contributed by atoms with Gasteiger partial charge in [-0.25, -0.2) is 0 Å². The van der Waals surface area contributed by atoms with Gasteiger partial charge in [-0.3, -0.25) is 4.79 Å². The quantitative estimate of drug-likeness (QED) is 0.900. The number of hydrogen-bond donors (Lipinski definition) is 1. The van der Waals surface area contributed by atoms with Crippen molar-refractivity contribution in [2.75, 3.05) is 25.5 Å². The van der Waals surface area contributed by atoms with Gasteiger partial charge in [-0.2, -0.15) is 13.2 Å². The lowest BCUT2D eigenvalue weighted by atomic mass is 10.1. The van der Waals surface area contributed by atoms with Gasteiger partial charge in [0.15, 0.2) is 0 Å². The molecule has 0 spiro atoms. The predicted molar refractivity (Wildman–Crippen MR) is 73.0 cm³/mol. The highest BCUT2D eigenvalue weighted by Crippen LogP contribution is 2.20. The van der Waals surface area contributed by atoms with Gasteiger partial charge in [-0.1, -0.05) is 6.92 Å². The summed E-state index contributed by atoms with van der Waals surface area (Å²) in [5, 5.41) is 3.19. The maximum Gasteiger partial charge on any atom is 0.406 e. The number of halogens is 3. The van der Waals surface area contributed by atoms with Gasteiger partial charge in [-0.05, 0) is 37.1 Å². The SMILES string of the molecule is CCCNc1ccc(C(=O)N(C)CC(F)(F)F)cc1C. The average molecular weight is 288 g/mol. The number of anilines is 1. The third-order valence-electron chi connectivity index (χ3n) is 2.80. The third kappa shape index (κ3) is 4.75. The maximum absolute atomic E-state index is 12.3. The van der Waals surface area contributed by atoms with Gasteiger partial charge in [0.05, 0.1) is 0 Å². The molecule has 0 unspecified atom stereocenters. The van der Waals surface area contributed by atoms with Crippen molar-refractivity contribution in [3.63, 3.8) is 0 Å². The predicted octanol–water partition coefficient (Wildman–Crippen LogP) is 3.45. The number of aryl methyl sites for hydroxylation is 1. The van der Waals surface area contributed by atoms with Crippen molar-refractivity contribution < 1.29 is 18.0 Å². The fraction of sp³-hybridized carbons (Fsp3) is 0.500. The van der Waals surface area contributed by atoms with Gasteiger partial charge < -0.3 is 10.2 Å². The zero-order chi connectivity index (χ0) is 15.3. The number of carbonyl (C=O) groups excluding carboxylic acids is 1. The molecule has 3 nitrogen and oxygen atoms in total. The van der Waals surface area contributed by atoms with Crippen LogP contribution >= 0.6 is 0 Å². The zero-order valence-corrected chi connectivity index (χ0v) is 11.8. The highest BCUT2D eigenvalue weighted by molar-refractivity contribution is 5.94. The van der Waals surface area contributed by atoms with E-state index in [4.69, 9.17) is 0 Å². The Morgan fingerprint density at radius 2 is 2.00 bits per heavy atom. The van der Waals surface area contributed by atoms with E-state index in [1.54, 1.807) is 18.2 Å². The number of benzene rings is 1. The van der Waals surface area contributed by atoms with Gasteiger partial charge in [0.1, 0.15) is 6.54 Å². The fourth-order valence-corrected chi connectivity index (χ4v) is 1.82. The molecule has 1 amide bonds. The Labute approximate surface area is 116 Å². The number of nitrogens with zero attached hydrogens (tertiary/aromatic N) is 1. The molecule has 0 heterocycles. The molecule has 1 aromatic rings. The Morgan fingerprint density at radius 3 is 2.50 bits per heavy atom. The van der Waals surface area contributed by atoms with E-state index < -0.39 is 18.6 Å². The Hall–Kier alpha value is -1.72. The minimum atomic E-state index is -4.39. The minimum Gasteiger partial charge on any atom is -0.385 e. The molecule has 0 radical (unpaired) electrons. The first-order valence-corrected chi connectivity index (χ1v) is 6.41. The van der Waals surface area contributed by atoms with Crippen molar-refractivity contribution in [3.8, 4) is 0 Å². The summed E-state index contributed by atoms with van der Waals surface area (Å²) in [7, 11) is 1.15. The molecule has 20 heavy (non-hydrogen) atoms. The molecule has 0 fully saturated rings. The summed E-state index contributed by atoms with van der Waals surface area (Å²) in [6.07, 6.45) is -3.42. The average Bonchev–Trinajstić information content (AvgIpc) is 2.34. The molecule has 0 aliphatic carbocycles. The summed E-state index contributed by atoms with van der Waals surface area (Å²) < 4.78 is 36.8. The summed E-state index contributed by atoms with van der Waals surface area (Å²) in [5.41, 5.74) is 1.99. The van der Waals surface area contributed by atoms with Crippen molar-refractivity contribution in [2.45, 2.75) is 26.4 Å². The lowest BCUT2D eigenvalue weighted by Gasteiger charge is -2.19. The Balaban J connectivity index is 2.81. The number of rotatable bonds is 5. The van der Waals surface area contributed by atoms with Crippen LogP contribution in [0.1, 0.15) is 29.3 Å². The largest absolute Gasteiger partial charge is 0.406 e. The van der Waals surface area contributed by atoms with E-state index in [-0.39, 0.29) is 5.56 Å². The van der Waals surface area contributed by atoms with Crippen LogP contribution in [0.25, 0.3) is 0 Å². The number of carbonyl (C=O) groups is 1. The summed E-state index contributed by atoms with van der Waals surface area (Å²) in [4.78, 5) is 12.6. The Bertz CT molecular complexity index is 472. The fourth-order valence-electron chi connectivity index (χ4n) is 1.82. The van der Waals surface area contributed by atoms with Crippen LogP contribution in [0, 0.1) is 6.92 Å². The van der Waals surface area contributed by atoms with Crippen molar-refractivity contribution >= 4 is 11.6 Å². The summed E-state index contributed by atoms with van der Waals surface area (Å²) in [5.74, 6) is -0.632. The zero-order valence-electron chi connectivity index (χ0n) is 11.8. The second-order valence-electron chi connectivity index (χ2n) is 4.73. The van der Waals surface area contributed by atoms with Crippen LogP contribution in [0.5, 0.6) is 0 Å². The second-order valence-corrected chi connectivity index (χ2v) is 4.73. The van der Waals surface area contributed by atoms with Gasteiger partial charge >= 0.3 is 6.18 Å². The third-order valence-corrected chi connectivity index (χ3v) is 2.80. The van der Waals surface area contributed by atoms with Gasteiger partial charge in [0.2, 0.25) is 0 Å². The van der Waals surface area contributed by atoms with E-state index in [1.807, 2.05) is 13.8 Å². The molecule has 0 aromatic heterocycles. The number of nitrogens with one attached hydrogen (secondary N) is 1. The van der Waals surface area contributed by atoms with Crippen molar-refractivity contribution in [1.29, 1.82) is 0 Å². The molecule has 0 atom stereocenters. The normalized spacial score (nSPS) is 11.3. The van der Waals surface area contributed by atoms with Gasteiger partial charge in [-0.15, -0.1) is 0 Å². The number of alkyl halides is 3. The molecule has 0 saturated carbocycles. The standard InChI is InChI=1S/C14H19F3N2O/c1-4-7-18-12-6-5-11(8-10(12)2)13(20)19(3)9-14(15,16)17/h5-6,8,18H,4,7,9H2,1-3H3. The summed E-state index contributed by atoms with van der Waals surface area (Å²) in [6, 6.07) is 4.87. The molecule has 6 heteroatoms. The molecular weight excluding hydrogens is 269 g/mol. The first kappa shape index (κ1) is 16.3. The molecule has 112 valence electrons. The maximum atomic E-state index is 12.3. The van der Waals surface area contributed by atoms with E-state index in [1.165, 1.54) is 0 Å². The van der Waals surface area contributed by atoms with Crippen molar-refractivity contribution in [2.24, 2.45) is 0 Å². The summed E-state index contributed by atoms with van der Waals surface area (Å²) in [6.45, 7) is 3.41. The van der Waals surface area contributed by atoms with Crippen LogP contribution in [-0.4, -0.2) is 37.1 Å². The van der Waals surface area contributed by atoms with Crippen molar-refractivity contribution in [3.05, 3.63) is 29.3 Å². The van der Waals surface area contributed by atoms with E-state index in [9.17, 15) is 18.0 Å². The lowest BCUT2D eigenvalue weighted by molar-refractivity contribution is -0.138. The number of amides is 1. The van der Waals surface area contributed by atoms with E-state index in [2.05, 4.69) is 5.32 Å². The molecule has 0 saturated heterocycles. The van der Waals surface area contributed by atoms with Crippen LogP contribution in [0.3, 0.4) is 0 Å². The Kier molecular flexibility index (Phi) is 5.42. The van der Waals surface area contributed by atoms with Crippen LogP contribution < -0.4 is 5.32 Å². The van der Waals surface area contributed by atoms with Gasteiger partial charge in [0.25, 0.3) is 5.91 Å². The molecule has 0 aliphatic heterocycles. The van der Waals surface area contributed by atoms with Gasteiger partial charge in [0, 0.05) is 24.8 Å². The first-order valence-electron chi connectivity index (χ1n) is 6.41. The molecule has 1 aromatic carbocycles. The van der Waals surface area contributed by atoms with Crippen LogP contribution in [0.15, 0.2) is 18.2 Å². The number of hydrogen-bond acceptors (Lipinski definition) is 2. The van der Waals surface area contributed by atoms with Crippen LogP contribution in [0.4, 0.5) is 18.9 Å². The highest BCUT2D eigenvalue weighted by Gasteiger charge is 2.31. The van der Waals surface area contributed by atoms with E-state index in [0.717, 1.165) is 31.3 Å². The van der Waals surface area contributed by atoms with Crippen LogP contribution in [0.2, 0.25) is 0 Å². The smallest absolute Gasteiger partial charge is 0.385 e. The van der Waals surface area contributed by atoms with Crippen molar-refractivity contribution in [1.82, 2.24) is 4.90 Å². The molecule has 0 aliphatic rings. The second kappa shape index (κ2) is 6.63. The molecule has 1 rings (SSSR count). The lowest BCUT2D eigenvalue weighted by Crippen LogP contribution is -2.35. The molecule has 1 N–H and O–H groups in total. The van der Waals surface area contributed by atoms with E-state index in [0.29, 0.717) is 4.90 Å².